The van der Waals surface area contributed by atoms with Crippen molar-refractivity contribution in [3.05, 3.63) is 62.4 Å². The molecule has 1 atom stereocenters. The number of fused-ring (bicyclic) bond motifs is 1. The molecule has 0 saturated carbocycles. The Balaban J connectivity index is 1.81. The van der Waals surface area contributed by atoms with Crippen LogP contribution in [0.1, 0.15) is 59.2 Å². The van der Waals surface area contributed by atoms with Gasteiger partial charge in [-0.3, -0.25) is 9.36 Å². The molecule has 2 N–H and O–H groups in total. The fourth-order valence-electron chi connectivity index (χ4n) is 4.46. The van der Waals surface area contributed by atoms with Gasteiger partial charge in [0.05, 0.1) is 29.7 Å². The molecule has 0 bridgehead atoms. The van der Waals surface area contributed by atoms with Gasteiger partial charge in [0, 0.05) is 18.5 Å². The van der Waals surface area contributed by atoms with Gasteiger partial charge < -0.3 is 15.4 Å². The van der Waals surface area contributed by atoms with Crippen molar-refractivity contribution in [3.63, 3.8) is 0 Å². The Labute approximate surface area is 197 Å². The van der Waals surface area contributed by atoms with Crippen LogP contribution in [0.3, 0.4) is 0 Å². The number of esters is 1. The molecule has 0 aliphatic carbocycles. The fraction of sp³-hybridized carbons (Fsp3) is 0.417. The lowest BCUT2D eigenvalue weighted by Gasteiger charge is -2.25. The molecule has 0 amide bonds. The van der Waals surface area contributed by atoms with Crippen molar-refractivity contribution in [1.82, 2.24) is 19.9 Å². The third-order valence-corrected chi connectivity index (χ3v) is 6.38. The number of aromatic nitrogens is 3. The van der Waals surface area contributed by atoms with E-state index in [1.165, 1.54) is 7.11 Å². The average molecular weight is 470 g/mol. The first kappa shape index (κ1) is 23.2. The van der Waals surface area contributed by atoms with Gasteiger partial charge in [0.1, 0.15) is 11.0 Å². The molecule has 174 valence electrons. The molecule has 3 heterocycles. The second-order valence-corrected chi connectivity index (χ2v) is 8.88. The Hall–Kier alpha value is -2.97. The molecule has 1 saturated heterocycles. The van der Waals surface area contributed by atoms with Gasteiger partial charge in [-0.2, -0.15) is 0 Å². The first-order chi connectivity index (χ1) is 15.8. The predicted octanol–water partition coefficient (Wildman–Crippen LogP) is 3.72. The molecule has 2 aromatic heterocycles. The number of anilines is 1. The maximum absolute atomic E-state index is 13.3. The Morgan fingerprint density at radius 3 is 2.70 bits per heavy atom. The highest BCUT2D eigenvalue weighted by atomic mass is 35.5. The summed E-state index contributed by atoms with van der Waals surface area (Å²) in [5, 5.41) is 7.49. The van der Waals surface area contributed by atoms with Crippen molar-refractivity contribution >= 4 is 34.2 Å². The summed E-state index contributed by atoms with van der Waals surface area (Å²) in [7, 11) is 3.10. The molecule has 0 spiro atoms. The number of ether oxygens (including phenoxy) is 1. The van der Waals surface area contributed by atoms with E-state index in [1.54, 1.807) is 23.7 Å². The highest BCUT2D eigenvalue weighted by Crippen LogP contribution is 2.30. The summed E-state index contributed by atoms with van der Waals surface area (Å²) in [6.07, 6.45) is 1.89. The van der Waals surface area contributed by atoms with Gasteiger partial charge in [-0.05, 0) is 63.5 Å². The number of carbonyl (C=O) groups is 1. The highest BCUT2D eigenvalue weighted by molar-refractivity contribution is 6.29. The van der Waals surface area contributed by atoms with Crippen molar-refractivity contribution in [2.45, 2.75) is 38.6 Å². The number of pyridine rings is 1. The second-order valence-electron chi connectivity index (χ2n) is 8.50. The molecule has 8 nitrogen and oxygen atoms in total. The van der Waals surface area contributed by atoms with Crippen LogP contribution in [0.15, 0.2) is 29.1 Å². The largest absolute Gasteiger partial charge is 0.464 e. The third-order valence-electron chi connectivity index (χ3n) is 6.17. The van der Waals surface area contributed by atoms with E-state index >= 15 is 0 Å². The highest BCUT2D eigenvalue weighted by Gasteiger charge is 2.24. The molecule has 3 aromatic rings. The molecular weight excluding hydrogens is 442 g/mol. The molecule has 1 aliphatic heterocycles. The monoisotopic (exact) mass is 469 g/mol. The van der Waals surface area contributed by atoms with Gasteiger partial charge in [-0.25, -0.2) is 14.8 Å². The fourth-order valence-corrected chi connectivity index (χ4v) is 4.61. The van der Waals surface area contributed by atoms with Crippen LogP contribution in [0.2, 0.25) is 5.15 Å². The van der Waals surface area contributed by atoms with Crippen molar-refractivity contribution in [2.75, 3.05) is 25.5 Å². The maximum atomic E-state index is 13.3. The number of piperidine rings is 1. The number of hydrogen-bond donors (Lipinski definition) is 2. The average Bonchev–Trinajstić information content (AvgIpc) is 2.82. The van der Waals surface area contributed by atoms with Crippen molar-refractivity contribution in [3.8, 4) is 0 Å². The lowest BCUT2D eigenvalue weighted by Crippen LogP contribution is -2.31. The summed E-state index contributed by atoms with van der Waals surface area (Å²) in [5.74, 6) is 0.466. The van der Waals surface area contributed by atoms with E-state index in [1.807, 2.05) is 26.0 Å². The minimum absolute atomic E-state index is 0.0471. The number of rotatable bonds is 5. The molecule has 1 fully saturated rings. The molecule has 33 heavy (non-hydrogen) atoms. The van der Waals surface area contributed by atoms with Gasteiger partial charge in [-0.15, -0.1) is 0 Å². The number of halogens is 1. The number of nitrogens with zero attached hydrogens (tertiary/aromatic N) is 3. The van der Waals surface area contributed by atoms with E-state index in [4.69, 9.17) is 21.3 Å². The molecule has 9 heteroatoms. The van der Waals surface area contributed by atoms with Crippen LogP contribution >= 0.6 is 11.6 Å². The third kappa shape index (κ3) is 4.58. The first-order valence-corrected chi connectivity index (χ1v) is 11.4. The van der Waals surface area contributed by atoms with Crippen molar-refractivity contribution < 1.29 is 9.53 Å². The molecule has 0 unspecified atom stereocenters. The minimum atomic E-state index is -0.582. The van der Waals surface area contributed by atoms with Gasteiger partial charge in [0.15, 0.2) is 5.69 Å². The van der Waals surface area contributed by atoms with Crippen LogP contribution in [0.25, 0.3) is 10.9 Å². The van der Waals surface area contributed by atoms with Crippen molar-refractivity contribution in [1.29, 1.82) is 0 Å². The number of aryl methyl sites for hydroxylation is 1. The Morgan fingerprint density at radius 1 is 1.27 bits per heavy atom. The smallest absolute Gasteiger partial charge is 0.358 e. The minimum Gasteiger partial charge on any atom is -0.464 e. The number of benzene rings is 1. The van der Waals surface area contributed by atoms with Crippen LogP contribution < -0.4 is 16.2 Å². The molecule has 1 aromatic carbocycles. The van der Waals surface area contributed by atoms with E-state index in [-0.39, 0.29) is 28.4 Å². The Morgan fingerprint density at radius 2 is 2.00 bits per heavy atom. The second kappa shape index (κ2) is 9.49. The van der Waals surface area contributed by atoms with E-state index in [2.05, 4.69) is 15.6 Å². The van der Waals surface area contributed by atoms with Crippen LogP contribution in [0.5, 0.6) is 0 Å². The topological polar surface area (TPSA) is 98.1 Å². The summed E-state index contributed by atoms with van der Waals surface area (Å²) in [6, 6.07) is 6.96. The van der Waals surface area contributed by atoms with Gasteiger partial charge in [0.25, 0.3) is 5.56 Å². The van der Waals surface area contributed by atoms with Gasteiger partial charge in [-0.1, -0.05) is 17.7 Å². The summed E-state index contributed by atoms with van der Waals surface area (Å²) in [4.78, 5) is 34.7. The lowest BCUT2D eigenvalue weighted by atomic mass is 9.95. The van der Waals surface area contributed by atoms with Crippen LogP contribution in [-0.4, -0.2) is 40.7 Å². The molecule has 4 rings (SSSR count). The van der Waals surface area contributed by atoms with Crippen LogP contribution in [0, 0.1) is 6.92 Å². The Bertz CT molecular complexity index is 1270. The summed E-state index contributed by atoms with van der Waals surface area (Å²) in [5.41, 5.74) is 3.07. The molecule has 1 aliphatic rings. The van der Waals surface area contributed by atoms with E-state index < -0.39 is 5.97 Å². The van der Waals surface area contributed by atoms with E-state index in [9.17, 15) is 9.59 Å². The van der Waals surface area contributed by atoms with E-state index in [0.29, 0.717) is 16.6 Å². The SMILES string of the molecule is COC(=O)c1nc(Cl)ccc1N[C@H](C)c1cc(C)cc2c(=O)n(C)c(C3CCNCC3)nc12. The zero-order valence-electron chi connectivity index (χ0n) is 19.2. The zero-order chi connectivity index (χ0) is 23.7. The summed E-state index contributed by atoms with van der Waals surface area (Å²) >= 11 is 6.00. The number of hydrogen-bond acceptors (Lipinski definition) is 7. The van der Waals surface area contributed by atoms with Crippen molar-refractivity contribution in [2.24, 2.45) is 7.05 Å². The zero-order valence-corrected chi connectivity index (χ0v) is 20.0. The van der Waals surface area contributed by atoms with E-state index in [0.717, 1.165) is 42.9 Å². The molecular formula is C24H28ClN5O3. The summed E-state index contributed by atoms with van der Waals surface area (Å²) < 4.78 is 6.55. The number of methoxy groups -OCH3 is 1. The predicted molar refractivity (Wildman–Crippen MR) is 129 cm³/mol. The lowest BCUT2D eigenvalue weighted by molar-refractivity contribution is 0.0595. The Kier molecular flexibility index (Phi) is 6.67. The maximum Gasteiger partial charge on any atom is 0.358 e. The quantitative estimate of drug-likeness (QED) is 0.434. The van der Waals surface area contributed by atoms with Crippen LogP contribution in [0.4, 0.5) is 5.69 Å². The summed E-state index contributed by atoms with van der Waals surface area (Å²) in [6.45, 7) is 5.75. The van der Waals surface area contributed by atoms with Gasteiger partial charge in [0.2, 0.25) is 0 Å². The normalized spacial score (nSPS) is 15.4. The first-order valence-electron chi connectivity index (χ1n) is 11.0. The standard InChI is InChI=1S/C24H28ClN5O3/c1-13-11-16(14(2)27-18-5-6-19(25)28-21(18)24(32)33-4)20-17(12-13)23(31)30(3)22(29-20)15-7-9-26-10-8-15/h5-6,11-12,14-15,26-27H,7-10H2,1-4H3/t14-/m1/s1. The van der Waals surface area contributed by atoms with Crippen LogP contribution in [-0.2, 0) is 11.8 Å². The molecule has 0 radical (unpaired) electrons. The number of carbonyl (C=O) groups excluding carboxylic acids is 1. The van der Waals surface area contributed by atoms with Gasteiger partial charge >= 0.3 is 5.97 Å². The number of nitrogens with one attached hydrogen (secondary N) is 2.